The third kappa shape index (κ3) is 4.32. The Morgan fingerprint density at radius 1 is 1.23 bits per heavy atom. The van der Waals surface area contributed by atoms with Crippen molar-refractivity contribution in [1.82, 2.24) is 9.62 Å². The number of rotatable bonds is 7. The summed E-state index contributed by atoms with van der Waals surface area (Å²) in [5, 5.41) is 0. The van der Waals surface area contributed by atoms with Gasteiger partial charge in [0.2, 0.25) is 15.8 Å². The average Bonchev–Trinajstić information content (AvgIpc) is 2.97. The molecule has 2 unspecified atom stereocenters. The minimum Gasteiger partial charge on any atom is -0.463 e. The summed E-state index contributed by atoms with van der Waals surface area (Å²) in [6.45, 7) is 3.29. The Morgan fingerprint density at radius 3 is 2.38 bits per heavy atom. The molecule has 2 rings (SSSR count). The fourth-order valence-corrected chi connectivity index (χ4v) is 4.42. The van der Waals surface area contributed by atoms with Crippen LogP contribution in [0.2, 0.25) is 0 Å². The molecule has 1 aromatic carbocycles. The summed E-state index contributed by atoms with van der Waals surface area (Å²) in [5.41, 5.74) is 0.992. The van der Waals surface area contributed by atoms with Crippen LogP contribution in [-0.4, -0.2) is 46.5 Å². The van der Waals surface area contributed by atoms with Crippen molar-refractivity contribution in [2.24, 2.45) is 0 Å². The summed E-state index contributed by atoms with van der Waals surface area (Å²) >= 11 is 0. The first-order chi connectivity index (χ1) is 12.2. The van der Waals surface area contributed by atoms with Gasteiger partial charge in [-0.3, -0.25) is 0 Å². The summed E-state index contributed by atoms with van der Waals surface area (Å²) < 4.78 is 38.1. The molecule has 0 aliphatic carbocycles. The lowest BCUT2D eigenvalue weighted by molar-refractivity contribution is 0.0563. The van der Waals surface area contributed by atoms with Gasteiger partial charge in [0.15, 0.2) is 0 Å². The molecule has 0 amide bonds. The number of hydrogen-bond acceptors (Lipinski definition) is 6. The van der Waals surface area contributed by atoms with Crippen LogP contribution in [0.1, 0.15) is 34.8 Å². The number of ether oxygens (including phenoxy) is 1. The second-order valence-corrected chi connectivity index (χ2v) is 7.93. The molecule has 26 heavy (non-hydrogen) atoms. The van der Waals surface area contributed by atoms with Crippen LogP contribution in [0.15, 0.2) is 45.7 Å². The van der Waals surface area contributed by atoms with Crippen LogP contribution in [0.4, 0.5) is 0 Å². The number of furan rings is 1. The van der Waals surface area contributed by atoms with Crippen LogP contribution >= 0.6 is 0 Å². The van der Waals surface area contributed by atoms with Crippen molar-refractivity contribution in [3.05, 3.63) is 53.5 Å². The first-order valence-corrected chi connectivity index (χ1v) is 9.58. The summed E-state index contributed by atoms with van der Waals surface area (Å²) in [7, 11) is 1.11. The van der Waals surface area contributed by atoms with Gasteiger partial charge in [-0.15, -0.1) is 0 Å². The van der Waals surface area contributed by atoms with E-state index in [1.165, 1.54) is 20.1 Å². The molecule has 142 valence electrons. The van der Waals surface area contributed by atoms with E-state index in [-0.39, 0.29) is 22.5 Å². The van der Waals surface area contributed by atoms with E-state index in [4.69, 9.17) is 4.42 Å². The Kier molecular flexibility index (Phi) is 6.22. The smallest absolute Gasteiger partial charge is 0.373 e. The van der Waals surface area contributed by atoms with Gasteiger partial charge in [-0.2, -0.15) is 0 Å². The molecule has 2 aromatic rings. The van der Waals surface area contributed by atoms with E-state index in [0.29, 0.717) is 0 Å². The molecule has 0 aliphatic heterocycles. The summed E-state index contributed by atoms with van der Waals surface area (Å²) in [5.74, 6) is -0.741. The topological polar surface area (TPSA) is 88.8 Å². The number of sulfonamides is 1. The van der Waals surface area contributed by atoms with Gasteiger partial charge < -0.3 is 14.1 Å². The molecule has 2 atom stereocenters. The first kappa shape index (κ1) is 20.2. The third-order valence-electron chi connectivity index (χ3n) is 4.06. The van der Waals surface area contributed by atoms with Crippen LogP contribution < -0.4 is 4.72 Å². The highest BCUT2D eigenvalue weighted by molar-refractivity contribution is 7.89. The molecule has 0 spiro atoms. The molecule has 1 N–H and O–H groups in total. The number of carbonyl (C=O) groups is 1. The number of hydrogen-bond donors (Lipinski definition) is 1. The highest BCUT2D eigenvalue weighted by atomic mass is 32.2. The minimum absolute atomic E-state index is 0.0738. The molecule has 8 heteroatoms. The van der Waals surface area contributed by atoms with Gasteiger partial charge in [0.1, 0.15) is 10.7 Å². The van der Waals surface area contributed by atoms with Gasteiger partial charge in [0, 0.05) is 12.1 Å². The van der Waals surface area contributed by atoms with Crippen molar-refractivity contribution in [3.63, 3.8) is 0 Å². The van der Waals surface area contributed by atoms with Crippen molar-refractivity contribution in [2.75, 3.05) is 21.2 Å². The number of nitrogens with zero attached hydrogens (tertiary/aromatic N) is 1. The normalized spacial score (nSPS) is 14.2. The first-order valence-electron chi connectivity index (χ1n) is 8.10. The number of carbonyl (C=O) groups excluding carboxylic acids is 1. The van der Waals surface area contributed by atoms with Gasteiger partial charge in [0.05, 0.1) is 13.2 Å². The van der Waals surface area contributed by atoms with Crippen molar-refractivity contribution in [1.29, 1.82) is 0 Å². The van der Waals surface area contributed by atoms with Crippen LogP contribution in [0.3, 0.4) is 0 Å². The van der Waals surface area contributed by atoms with E-state index in [1.54, 1.807) is 6.92 Å². The number of benzene rings is 1. The van der Waals surface area contributed by atoms with Crippen LogP contribution in [0.5, 0.6) is 0 Å². The maximum Gasteiger partial charge on any atom is 0.373 e. The Morgan fingerprint density at radius 2 is 1.85 bits per heavy atom. The molecule has 0 bridgehead atoms. The highest BCUT2D eigenvalue weighted by Crippen LogP contribution is 2.25. The fraction of sp³-hybridized carbons (Fsp3) is 0.389. The lowest BCUT2D eigenvalue weighted by atomic mass is 10.0. The highest BCUT2D eigenvalue weighted by Gasteiger charge is 2.30. The van der Waals surface area contributed by atoms with Gasteiger partial charge in [-0.1, -0.05) is 30.3 Å². The van der Waals surface area contributed by atoms with Crippen molar-refractivity contribution in [3.8, 4) is 0 Å². The van der Waals surface area contributed by atoms with E-state index in [0.717, 1.165) is 5.56 Å². The Balaban J connectivity index is 2.30. The monoisotopic (exact) mass is 380 g/mol. The quantitative estimate of drug-likeness (QED) is 0.742. The van der Waals surface area contributed by atoms with Crippen LogP contribution in [0.25, 0.3) is 0 Å². The number of likely N-dealkylation sites (N-methyl/N-ethyl adjacent to an activating group) is 1. The van der Waals surface area contributed by atoms with Crippen LogP contribution in [-0.2, 0) is 14.8 Å². The SMILES string of the molecule is COC(=O)c1cc(S(=O)(=O)NC(C)C(c2ccccc2)N(C)C)c(C)o1. The lowest BCUT2D eigenvalue weighted by Crippen LogP contribution is -2.42. The van der Waals surface area contributed by atoms with Crippen molar-refractivity contribution < 1.29 is 22.4 Å². The molecule has 0 fully saturated rings. The predicted molar refractivity (Wildman–Crippen MR) is 97.4 cm³/mol. The van der Waals surface area contributed by atoms with Crippen molar-refractivity contribution in [2.45, 2.75) is 30.8 Å². The van der Waals surface area contributed by atoms with Crippen molar-refractivity contribution >= 4 is 16.0 Å². The zero-order valence-electron chi connectivity index (χ0n) is 15.5. The van der Waals surface area contributed by atoms with Crippen LogP contribution in [0, 0.1) is 6.92 Å². The second-order valence-electron chi connectivity index (χ2n) is 6.25. The maximum absolute atomic E-state index is 12.8. The zero-order chi connectivity index (χ0) is 19.5. The van der Waals surface area contributed by atoms with Gasteiger partial charge in [-0.05, 0) is 33.5 Å². The lowest BCUT2D eigenvalue weighted by Gasteiger charge is -2.30. The summed E-state index contributed by atoms with van der Waals surface area (Å²) in [4.78, 5) is 13.4. The number of methoxy groups -OCH3 is 1. The number of aryl methyl sites for hydroxylation is 1. The fourth-order valence-electron chi connectivity index (χ4n) is 2.99. The summed E-state index contributed by atoms with van der Waals surface area (Å²) in [6, 6.07) is 10.2. The predicted octanol–water partition coefficient (Wildman–Crippen LogP) is 2.34. The second kappa shape index (κ2) is 8.03. The molecule has 0 aliphatic rings. The number of esters is 1. The van der Waals surface area contributed by atoms with E-state index in [2.05, 4.69) is 9.46 Å². The molecule has 0 saturated heterocycles. The standard InChI is InChI=1S/C18H24N2O5S/c1-12(17(20(3)4)14-9-7-6-8-10-14)19-26(22,23)16-11-15(18(21)24-5)25-13(16)2/h6-12,17,19H,1-5H3. The van der Waals surface area contributed by atoms with E-state index < -0.39 is 22.0 Å². The Bertz CT molecular complexity index is 859. The Hall–Kier alpha value is -2.16. The molecular weight excluding hydrogens is 356 g/mol. The molecule has 1 aromatic heterocycles. The molecule has 7 nitrogen and oxygen atoms in total. The summed E-state index contributed by atoms with van der Waals surface area (Å²) in [6.07, 6.45) is 0. The molecule has 0 saturated carbocycles. The molecule has 1 heterocycles. The number of nitrogens with one attached hydrogen (secondary N) is 1. The van der Waals surface area contributed by atoms with E-state index in [1.807, 2.05) is 49.3 Å². The average molecular weight is 380 g/mol. The third-order valence-corrected chi connectivity index (χ3v) is 5.73. The molecular formula is C18H24N2O5S. The van der Waals surface area contributed by atoms with Gasteiger partial charge in [0.25, 0.3) is 0 Å². The zero-order valence-corrected chi connectivity index (χ0v) is 16.3. The minimum atomic E-state index is -3.88. The van der Waals surface area contributed by atoms with E-state index >= 15 is 0 Å². The van der Waals surface area contributed by atoms with Gasteiger partial charge >= 0.3 is 5.97 Å². The molecule has 0 radical (unpaired) electrons. The van der Waals surface area contributed by atoms with Gasteiger partial charge in [-0.25, -0.2) is 17.9 Å². The Labute approximate surface area is 154 Å². The van der Waals surface area contributed by atoms with E-state index in [9.17, 15) is 13.2 Å². The maximum atomic E-state index is 12.8. The largest absolute Gasteiger partial charge is 0.463 e.